The van der Waals surface area contributed by atoms with E-state index in [9.17, 15) is 0 Å². The third-order valence-corrected chi connectivity index (χ3v) is 39.4. The first-order chi connectivity index (χ1) is 13.5. The van der Waals surface area contributed by atoms with Crippen LogP contribution in [-0.4, -0.2) is 37.0 Å². The topological polar surface area (TPSA) is 0 Å². The molecule has 0 atom stereocenters. The van der Waals surface area contributed by atoms with Gasteiger partial charge in [0.2, 0.25) is 0 Å². The van der Waals surface area contributed by atoms with E-state index in [1.54, 1.807) is 37.0 Å². The summed E-state index contributed by atoms with van der Waals surface area (Å²) < 4.78 is 0. The first kappa shape index (κ1) is 29.6. The van der Waals surface area contributed by atoms with Gasteiger partial charge >= 0.3 is 189 Å². The van der Waals surface area contributed by atoms with Gasteiger partial charge in [0.25, 0.3) is 0 Å². The van der Waals surface area contributed by atoms with Crippen molar-refractivity contribution in [1.82, 2.24) is 0 Å². The third kappa shape index (κ3) is 10.3. The minimum absolute atomic E-state index is 0.101. The Labute approximate surface area is 189 Å². The molecule has 0 amide bonds. The fraction of sp³-hybridized carbons (Fsp3) is 1.00. The van der Waals surface area contributed by atoms with Gasteiger partial charge in [-0.2, -0.15) is 0 Å². The van der Waals surface area contributed by atoms with E-state index in [1.165, 1.54) is 77.0 Å². The fourth-order valence-corrected chi connectivity index (χ4v) is 42.7. The summed E-state index contributed by atoms with van der Waals surface area (Å²) in [7, 11) is 7.91. The van der Waals surface area contributed by atoms with Gasteiger partial charge in [0.05, 0.1) is 0 Å². The summed E-state index contributed by atoms with van der Waals surface area (Å²) in [5.74, 6) is 0. The Balaban J connectivity index is 5.99. The van der Waals surface area contributed by atoms with E-state index < -0.39 is 12.1 Å². The van der Waals surface area contributed by atoms with Gasteiger partial charge in [0.15, 0.2) is 0 Å². The van der Waals surface area contributed by atoms with Gasteiger partial charge in [-0.15, -0.1) is 0 Å². The van der Waals surface area contributed by atoms with Crippen molar-refractivity contribution in [3.05, 3.63) is 0 Å². The Bertz CT molecular complexity index is 276. The van der Waals surface area contributed by atoms with E-state index in [-0.39, 0.29) is 11.7 Å². The predicted octanol–water partition coefficient (Wildman–Crippen LogP) is 9.89. The molecule has 0 aliphatic carbocycles. The van der Waals surface area contributed by atoms with Crippen molar-refractivity contribution in [2.75, 3.05) is 37.0 Å². The van der Waals surface area contributed by atoms with Crippen LogP contribution in [0.1, 0.15) is 119 Å². The first-order valence-electron chi connectivity index (χ1n) is 12.8. The van der Waals surface area contributed by atoms with Gasteiger partial charge in [-0.1, -0.05) is 0 Å². The van der Waals surface area contributed by atoms with E-state index in [2.05, 4.69) is 41.5 Å². The van der Waals surface area contributed by atoms with E-state index in [4.69, 9.17) is 10.2 Å². The molecule has 0 spiro atoms. The van der Waals surface area contributed by atoms with Crippen LogP contribution in [0.25, 0.3) is 0 Å². The minimum atomic E-state index is -1.38. The summed E-state index contributed by atoms with van der Waals surface area (Å²) in [6.07, 6.45) is 26.1. The van der Waals surface area contributed by atoms with Gasteiger partial charge in [-0.25, -0.2) is 0 Å². The Morgan fingerprint density at radius 1 is 0.429 bits per heavy atom. The van der Waals surface area contributed by atoms with Crippen LogP contribution in [0.15, 0.2) is 0 Å². The van der Waals surface area contributed by atoms with Crippen LogP contribution in [0.2, 0.25) is 0 Å². The van der Waals surface area contributed by atoms with Gasteiger partial charge in [-0.3, -0.25) is 0 Å². The monoisotopic (exact) mass is 499 g/mol. The molecule has 0 aliphatic heterocycles. The summed E-state index contributed by atoms with van der Waals surface area (Å²) in [5.41, 5.74) is 0. The van der Waals surface area contributed by atoms with Crippen LogP contribution in [-0.2, 0) is 11.7 Å². The van der Waals surface area contributed by atoms with Crippen molar-refractivity contribution in [3.63, 3.8) is 0 Å². The van der Waals surface area contributed by atoms with Crippen molar-refractivity contribution in [1.29, 1.82) is 0 Å². The zero-order chi connectivity index (χ0) is 21.3. The van der Waals surface area contributed by atoms with Gasteiger partial charge in [0.1, 0.15) is 0 Å². The molecule has 28 heavy (non-hydrogen) atoms. The quantitative estimate of drug-likeness (QED) is 0.115. The van der Waals surface area contributed by atoms with E-state index in [0.717, 1.165) is 0 Å². The van der Waals surface area contributed by atoms with Crippen molar-refractivity contribution in [3.8, 4) is 0 Å². The normalized spacial score (nSPS) is 14.3. The maximum atomic E-state index is 7.91. The van der Waals surface area contributed by atoms with Crippen molar-refractivity contribution >= 4 is 22.3 Å². The molecule has 0 bridgehead atoms. The van der Waals surface area contributed by atoms with Gasteiger partial charge in [0, 0.05) is 0 Å². The SMILES string of the molecule is CCCC[PH](CCCC)(CCCC)[Ni]([Cl])[PH](CCCC)(CCCC)CCCC. The van der Waals surface area contributed by atoms with Crippen LogP contribution in [0.5, 0.6) is 0 Å². The van der Waals surface area contributed by atoms with Gasteiger partial charge < -0.3 is 0 Å². The molecule has 0 heterocycles. The first-order valence-corrected chi connectivity index (χ1v) is 22.0. The van der Waals surface area contributed by atoms with Crippen molar-refractivity contribution < 1.29 is 11.7 Å². The van der Waals surface area contributed by atoms with E-state index in [0.29, 0.717) is 0 Å². The molecular weight excluding hydrogens is 444 g/mol. The molecule has 0 aromatic heterocycles. The Kier molecular flexibility index (Phi) is 19.3. The summed E-state index contributed by atoms with van der Waals surface area (Å²) in [6.45, 7) is 14.3. The Morgan fingerprint density at radius 3 is 0.750 bits per heavy atom. The standard InChI is InChI=1S/2C12H27P.ClH.Ni/c2*1-4-7-10-13(11-8-5-2)12-9-6-3;;/h2*4-12H2,1-3H3;1H;/q;;;-1/p+1. The molecule has 0 saturated carbocycles. The van der Waals surface area contributed by atoms with Crippen LogP contribution in [0.3, 0.4) is 0 Å². The molecule has 0 rings (SSSR count). The molecule has 0 unspecified atom stereocenters. The molecule has 179 valence electrons. The van der Waals surface area contributed by atoms with Crippen LogP contribution >= 0.6 is 22.3 Å². The summed E-state index contributed by atoms with van der Waals surface area (Å²) in [5, 5.41) is 0. The van der Waals surface area contributed by atoms with Crippen LogP contribution in [0, 0.1) is 0 Å². The molecule has 0 nitrogen and oxygen atoms in total. The Morgan fingerprint density at radius 2 is 0.607 bits per heavy atom. The van der Waals surface area contributed by atoms with Crippen molar-refractivity contribution in [2.45, 2.75) is 119 Å². The number of hydrogen-bond donors (Lipinski definition) is 0. The third-order valence-electron chi connectivity index (χ3n) is 6.37. The van der Waals surface area contributed by atoms with Crippen LogP contribution < -0.4 is 0 Å². The van der Waals surface area contributed by atoms with E-state index in [1.807, 2.05) is 0 Å². The zero-order valence-corrected chi connectivity index (χ0v) is 24.2. The van der Waals surface area contributed by atoms with E-state index >= 15 is 0 Å². The summed E-state index contributed by atoms with van der Waals surface area (Å²) in [6, 6.07) is -2.76. The molecule has 0 saturated heterocycles. The second-order valence-corrected chi connectivity index (χ2v) is 29.8. The number of unbranched alkanes of at least 4 members (excludes halogenated alkanes) is 6. The molecule has 4 heteroatoms. The number of halogens is 1. The van der Waals surface area contributed by atoms with Gasteiger partial charge in [-0.05, 0) is 0 Å². The second-order valence-electron chi connectivity index (χ2n) is 8.99. The average molecular weight is 501 g/mol. The summed E-state index contributed by atoms with van der Waals surface area (Å²) in [4.78, 5) is 0. The predicted molar refractivity (Wildman–Crippen MR) is 141 cm³/mol. The number of rotatable bonds is 20. The zero-order valence-electron chi connectivity index (χ0n) is 20.4. The molecule has 0 fully saturated rings. The molecule has 0 aromatic rings. The second kappa shape index (κ2) is 18.2. The maximum absolute atomic E-state index is 7.91. The summed E-state index contributed by atoms with van der Waals surface area (Å²) >= 11 is 0.101. The molecule has 0 N–H and O–H groups in total. The number of hydrogen-bond acceptors (Lipinski definition) is 0. The molecule has 0 aromatic carbocycles. The average Bonchev–Trinajstić information content (AvgIpc) is 2.73. The molecular formula is C24H56ClNiP2. The fourth-order valence-electron chi connectivity index (χ4n) is 4.42. The molecule has 0 radical (unpaired) electrons. The Hall–Kier alpha value is 1.64. The van der Waals surface area contributed by atoms with Crippen molar-refractivity contribution in [2.24, 2.45) is 0 Å². The molecule has 0 aliphatic rings. The van der Waals surface area contributed by atoms with Crippen LogP contribution in [0.4, 0.5) is 0 Å².